The van der Waals surface area contributed by atoms with E-state index in [-0.39, 0.29) is 11.8 Å². The lowest BCUT2D eigenvalue weighted by atomic mass is 10.1. The fourth-order valence-electron chi connectivity index (χ4n) is 2.72. The molecule has 0 radical (unpaired) electrons. The van der Waals surface area contributed by atoms with Gasteiger partial charge in [-0.15, -0.1) is 0 Å². The van der Waals surface area contributed by atoms with Crippen LogP contribution >= 0.6 is 0 Å². The van der Waals surface area contributed by atoms with Crippen molar-refractivity contribution < 1.29 is 14.7 Å². The van der Waals surface area contributed by atoms with E-state index < -0.39 is 6.10 Å². The van der Waals surface area contributed by atoms with E-state index in [1.807, 2.05) is 0 Å². The highest BCUT2D eigenvalue weighted by molar-refractivity contribution is 6.04. The second-order valence-electron chi connectivity index (χ2n) is 5.67. The normalized spacial score (nSPS) is 17.8. The van der Waals surface area contributed by atoms with Crippen LogP contribution in [0.25, 0.3) is 0 Å². The minimum atomic E-state index is -0.455. The summed E-state index contributed by atoms with van der Waals surface area (Å²) in [6, 6.07) is 10.3. The fraction of sp³-hybridized carbons (Fsp3) is 0.294. The number of nitrogens with zero attached hydrogens (tertiary/aromatic N) is 1. The Bertz CT molecular complexity index is 697. The first-order chi connectivity index (χ1) is 11.1. The number of nitrogens with one attached hydrogen (secondary N) is 2. The van der Waals surface area contributed by atoms with Crippen LogP contribution < -0.4 is 5.32 Å². The summed E-state index contributed by atoms with van der Waals surface area (Å²) in [6.45, 7) is 1.01. The van der Waals surface area contributed by atoms with Crippen LogP contribution in [-0.4, -0.2) is 46.0 Å². The van der Waals surface area contributed by atoms with Crippen LogP contribution in [0.3, 0.4) is 0 Å². The van der Waals surface area contributed by atoms with E-state index >= 15 is 0 Å². The number of piperidine rings is 1. The molecule has 2 heterocycles. The van der Waals surface area contributed by atoms with Crippen molar-refractivity contribution in [3.63, 3.8) is 0 Å². The van der Waals surface area contributed by atoms with Gasteiger partial charge >= 0.3 is 0 Å². The minimum absolute atomic E-state index is 0.125. The highest BCUT2D eigenvalue weighted by Crippen LogP contribution is 2.17. The number of carbonyl (C=O) groups is 2. The number of anilines is 1. The van der Waals surface area contributed by atoms with Gasteiger partial charge in [-0.3, -0.25) is 9.59 Å². The number of amides is 2. The van der Waals surface area contributed by atoms with Crippen LogP contribution in [0.2, 0.25) is 0 Å². The molecule has 1 unspecified atom stereocenters. The van der Waals surface area contributed by atoms with Gasteiger partial charge in [0.05, 0.1) is 6.10 Å². The first-order valence-electron chi connectivity index (χ1n) is 7.65. The second kappa shape index (κ2) is 6.66. The summed E-state index contributed by atoms with van der Waals surface area (Å²) in [4.78, 5) is 29.0. The number of likely N-dealkylation sites (tertiary alicyclic amines) is 1. The molecule has 1 saturated heterocycles. The highest BCUT2D eigenvalue weighted by Gasteiger charge is 2.23. The van der Waals surface area contributed by atoms with Crippen LogP contribution in [0.1, 0.15) is 33.7 Å². The van der Waals surface area contributed by atoms with Crippen molar-refractivity contribution in [2.24, 2.45) is 0 Å². The van der Waals surface area contributed by atoms with E-state index in [2.05, 4.69) is 10.3 Å². The van der Waals surface area contributed by atoms with E-state index in [4.69, 9.17) is 0 Å². The van der Waals surface area contributed by atoms with Gasteiger partial charge in [-0.2, -0.15) is 0 Å². The molecule has 0 aliphatic carbocycles. The molecule has 0 spiro atoms. The smallest absolute Gasteiger partial charge is 0.272 e. The summed E-state index contributed by atoms with van der Waals surface area (Å²) >= 11 is 0. The topological polar surface area (TPSA) is 85.4 Å². The summed E-state index contributed by atoms with van der Waals surface area (Å²) < 4.78 is 0. The number of hydrogen-bond donors (Lipinski definition) is 3. The van der Waals surface area contributed by atoms with Crippen molar-refractivity contribution in [1.82, 2.24) is 9.88 Å². The zero-order valence-corrected chi connectivity index (χ0v) is 12.7. The van der Waals surface area contributed by atoms with Gasteiger partial charge in [-0.05, 0) is 43.2 Å². The fourth-order valence-corrected chi connectivity index (χ4v) is 2.72. The number of β-amino-alcohol motifs (C(OH)–C–C–N with tert-alkyl or cyclic N) is 1. The molecule has 3 rings (SSSR count). The molecule has 6 nitrogen and oxygen atoms in total. The number of aromatic amines is 1. The van der Waals surface area contributed by atoms with Crippen molar-refractivity contribution >= 4 is 17.5 Å². The average Bonchev–Trinajstić information content (AvgIpc) is 3.09. The SMILES string of the molecule is O=C(Nc1cccc(C(=O)N2CCCC(O)C2)c1)c1ccc[nH]1. The molecule has 1 fully saturated rings. The van der Waals surface area contributed by atoms with Crippen LogP contribution in [0.15, 0.2) is 42.6 Å². The average molecular weight is 313 g/mol. The predicted molar refractivity (Wildman–Crippen MR) is 86.3 cm³/mol. The Hall–Kier alpha value is -2.60. The van der Waals surface area contributed by atoms with Crippen molar-refractivity contribution in [3.05, 3.63) is 53.9 Å². The number of aliphatic hydroxyl groups excluding tert-OH is 1. The number of aliphatic hydroxyl groups is 1. The van der Waals surface area contributed by atoms with Gasteiger partial charge in [-0.25, -0.2) is 0 Å². The standard InChI is InChI=1S/C17H19N3O3/c21-14-6-3-9-20(11-14)17(23)12-4-1-5-13(10-12)19-16(22)15-7-2-8-18-15/h1-2,4-5,7-8,10,14,18,21H,3,6,9,11H2,(H,19,22). The summed E-state index contributed by atoms with van der Waals surface area (Å²) in [6.07, 6.45) is 2.76. The molecule has 0 bridgehead atoms. The van der Waals surface area contributed by atoms with Crippen LogP contribution in [0, 0.1) is 0 Å². The van der Waals surface area contributed by atoms with Gasteiger partial charge in [0.15, 0.2) is 0 Å². The third-order valence-corrected chi connectivity index (χ3v) is 3.89. The number of carbonyl (C=O) groups excluding carboxylic acids is 2. The predicted octanol–water partition coefficient (Wildman–Crippen LogP) is 1.86. The number of benzene rings is 1. The Balaban J connectivity index is 1.72. The molecule has 1 aliphatic heterocycles. The van der Waals surface area contributed by atoms with Gasteiger partial charge in [-0.1, -0.05) is 6.07 Å². The zero-order valence-electron chi connectivity index (χ0n) is 12.7. The van der Waals surface area contributed by atoms with Gasteiger partial charge < -0.3 is 20.3 Å². The molecule has 23 heavy (non-hydrogen) atoms. The molecular weight excluding hydrogens is 294 g/mol. The monoisotopic (exact) mass is 313 g/mol. The van der Waals surface area contributed by atoms with Crippen molar-refractivity contribution in [2.45, 2.75) is 18.9 Å². The molecule has 0 saturated carbocycles. The number of hydrogen-bond acceptors (Lipinski definition) is 3. The Kier molecular flexibility index (Phi) is 4.43. The molecule has 2 amide bonds. The summed E-state index contributed by atoms with van der Waals surface area (Å²) in [7, 11) is 0. The molecule has 1 aromatic carbocycles. The Morgan fingerprint density at radius 2 is 2.13 bits per heavy atom. The lowest BCUT2D eigenvalue weighted by Gasteiger charge is -2.30. The molecule has 3 N–H and O–H groups in total. The quantitative estimate of drug-likeness (QED) is 0.808. The lowest BCUT2D eigenvalue weighted by Crippen LogP contribution is -2.42. The second-order valence-corrected chi connectivity index (χ2v) is 5.67. The van der Waals surface area contributed by atoms with Crippen molar-refractivity contribution in [3.8, 4) is 0 Å². The van der Waals surface area contributed by atoms with Gasteiger partial charge in [0.2, 0.25) is 0 Å². The largest absolute Gasteiger partial charge is 0.391 e. The zero-order chi connectivity index (χ0) is 16.2. The summed E-state index contributed by atoms with van der Waals surface area (Å²) in [5.41, 5.74) is 1.53. The van der Waals surface area contributed by atoms with E-state index in [9.17, 15) is 14.7 Å². The molecule has 1 aliphatic rings. The number of aromatic nitrogens is 1. The first-order valence-corrected chi connectivity index (χ1v) is 7.65. The minimum Gasteiger partial charge on any atom is -0.391 e. The molecule has 1 aromatic heterocycles. The third kappa shape index (κ3) is 3.60. The summed E-state index contributed by atoms with van der Waals surface area (Å²) in [5, 5.41) is 12.5. The Morgan fingerprint density at radius 1 is 1.26 bits per heavy atom. The summed E-state index contributed by atoms with van der Waals surface area (Å²) in [5.74, 6) is -0.382. The van der Waals surface area contributed by atoms with Crippen molar-refractivity contribution in [2.75, 3.05) is 18.4 Å². The Morgan fingerprint density at radius 3 is 2.87 bits per heavy atom. The van der Waals surface area contributed by atoms with Gasteiger partial charge in [0.1, 0.15) is 5.69 Å². The van der Waals surface area contributed by atoms with Crippen LogP contribution in [0.5, 0.6) is 0 Å². The molecular formula is C17H19N3O3. The maximum absolute atomic E-state index is 12.5. The van der Waals surface area contributed by atoms with E-state index in [1.165, 1.54) is 0 Å². The highest BCUT2D eigenvalue weighted by atomic mass is 16.3. The van der Waals surface area contributed by atoms with Crippen molar-refractivity contribution in [1.29, 1.82) is 0 Å². The third-order valence-electron chi connectivity index (χ3n) is 3.89. The number of rotatable bonds is 3. The van der Waals surface area contributed by atoms with Gasteiger partial charge in [0.25, 0.3) is 11.8 Å². The number of H-pyrrole nitrogens is 1. The van der Waals surface area contributed by atoms with Crippen LogP contribution in [-0.2, 0) is 0 Å². The first kappa shape index (κ1) is 15.3. The van der Waals surface area contributed by atoms with E-state index in [0.717, 1.165) is 12.8 Å². The molecule has 1 atom stereocenters. The van der Waals surface area contributed by atoms with E-state index in [0.29, 0.717) is 30.0 Å². The van der Waals surface area contributed by atoms with E-state index in [1.54, 1.807) is 47.5 Å². The lowest BCUT2D eigenvalue weighted by molar-refractivity contribution is 0.0474. The molecule has 120 valence electrons. The Labute approximate surface area is 134 Å². The molecule has 2 aromatic rings. The molecule has 6 heteroatoms. The van der Waals surface area contributed by atoms with Gasteiger partial charge in [0, 0.05) is 30.5 Å². The maximum Gasteiger partial charge on any atom is 0.272 e. The van der Waals surface area contributed by atoms with Crippen LogP contribution in [0.4, 0.5) is 5.69 Å². The maximum atomic E-state index is 12.5.